The lowest BCUT2D eigenvalue weighted by Crippen LogP contribution is -2.29. The molecule has 22 heavy (non-hydrogen) atoms. The van der Waals surface area contributed by atoms with Crippen LogP contribution < -0.4 is 4.72 Å². The number of nitrogens with one attached hydrogen (secondary N) is 1. The lowest BCUT2D eigenvalue weighted by molar-refractivity contribution is 0.504. The third-order valence-corrected chi connectivity index (χ3v) is 4.90. The number of halogens is 2. The van der Waals surface area contributed by atoms with Gasteiger partial charge in [-0.2, -0.15) is 0 Å². The monoisotopic (exact) mass is 325 g/mol. The minimum Gasteiger partial charge on any atom is -0.207 e. The lowest BCUT2D eigenvalue weighted by atomic mass is 10.0. The van der Waals surface area contributed by atoms with Crippen molar-refractivity contribution < 1.29 is 17.2 Å². The maximum Gasteiger partial charge on any atom is 0.246 e. The van der Waals surface area contributed by atoms with E-state index in [1.807, 2.05) is 19.1 Å². The molecule has 2 aromatic carbocycles. The molecule has 118 valence electrons. The topological polar surface area (TPSA) is 46.2 Å². The van der Waals surface area contributed by atoms with Crippen molar-refractivity contribution in [3.05, 3.63) is 65.2 Å². The van der Waals surface area contributed by atoms with Gasteiger partial charge in [-0.25, -0.2) is 21.9 Å². The fraction of sp³-hybridized carbons (Fsp3) is 0.250. The molecule has 0 saturated heterocycles. The van der Waals surface area contributed by atoms with Crippen LogP contribution >= 0.6 is 0 Å². The highest BCUT2D eigenvalue weighted by molar-refractivity contribution is 7.89. The van der Waals surface area contributed by atoms with Crippen molar-refractivity contribution in [3.63, 3.8) is 0 Å². The second kappa shape index (κ2) is 6.54. The Balaban J connectivity index is 2.36. The molecule has 0 saturated carbocycles. The number of rotatable bonds is 5. The summed E-state index contributed by atoms with van der Waals surface area (Å²) in [6, 6.07) is 9.72. The molecule has 3 nitrogen and oxygen atoms in total. The van der Waals surface area contributed by atoms with E-state index in [1.165, 1.54) is 0 Å². The SMILES string of the molecule is CC[C@@H](NS(=O)(=O)c1c(F)cccc1F)c1ccc(C)cc1. The van der Waals surface area contributed by atoms with Gasteiger partial charge in [-0.1, -0.05) is 42.8 Å². The highest BCUT2D eigenvalue weighted by Crippen LogP contribution is 2.23. The summed E-state index contributed by atoms with van der Waals surface area (Å²) in [5, 5.41) is 0. The van der Waals surface area contributed by atoms with E-state index in [0.29, 0.717) is 6.42 Å². The van der Waals surface area contributed by atoms with Gasteiger partial charge in [0.25, 0.3) is 0 Å². The van der Waals surface area contributed by atoms with E-state index in [1.54, 1.807) is 19.1 Å². The molecule has 2 rings (SSSR count). The first-order valence-electron chi connectivity index (χ1n) is 6.88. The first-order valence-corrected chi connectivity index (χ1v) is 8.36. The lowest BCUT2D eigenvalue weighted by Gasteiger charge is -2.18. The fourth-order valence-corrected chi connectivity index (χ4v) is 3.62. The fourth-order valence-electron chi connectivity index (χ4n) is 2.17. The van der Waals surface area contributed by atoms with Crippen molar-refractivity contribution >= 4 is 10.0 Å². The van der Waals surface area contributed by atoms with Crippen molar-refractivity contribution in [3.8, 4) is 0 Å². The molecule has 0 heterocycles. The number of benzene rings is 2. The first-order chi connectivity index (χ1) is 10.3. The quantitative estimate of drug-likeness (QED) is 0.911. The van der Waals surface area contributed by atoms with Crippen LogP contribution in [0.5, 0.6) is 0 Å². The smallest absolute Gasteiger partial charge is 0.207 e. The average Bonchev–Trinajstić information content (AvgIpc) is 2.45. The van der Waals surface area contributed by atoms with Crippen molar-refractivity contribution in [2.24, 2.45) is 0 Å². The number of hydrogen-bond acceptors (Lipinski definition) is 2. The van der Waals surface area contributed by atoms with Gasteiger partial charge in [-0.15, -0.1) is 0 Å². The molecule has 6 heteroatoms. The summed E-state index contributed by atoms with van der Waals surface area (Å²) in [6.07, 6.45) is 0.457. The minimum absolute atomic E-state index is 0.457. The molecule has 0 aliphatic carbocycles. The number of aryl methyl sites for hydroxylation is 1. The van der Waals surface area contributed by atoms with Gasteiger partial charge >= 0.3 is 0 Å². The van der Waals surface area contributed by atoms with Crippen molar-refractivity contribution in [2.75, 3.05) is 0 Å². The Kier molecular flexibility index (Phi) is 4.93. The molecule has 0 amide bonds. The van der Waals surface area contributed by atoms with Crippen LogP contribution in [0.2, 0.25) is 0 Å². The maximum atomic E-state index is 13.7. The summed E-state index contributed by atoms with van der Waals surface area (Å²) in [7, 11) is -4.29. The maximum absolute atomic E-state index is 13.7. The van der Waals surface area contributed by atoms with Gasteiger partial charge in [0, 0.05) is 6.04 Å². The van der Waals surface area contributed by atoms with E-state index in [-0.39, 0.29) is 0 Å². The van der Waals surface area contributed by atoms with Crippen molar-refractivity contribution in [2.45, 2.75) is 31.2 Å². The Morgan fingerprint density at radius 2 is 1.59 bits per heavy atom. The zero-order valence-electron chi connectivity index (χ0n) is 12.3. The van der Waals surface area contributed by atoms with Crippen LogP contribution in [0.4, 0.5) is 8.78 Å². The van der Waals surface area contributed by atoms with Gasteiger partial charge in [0.1, 0.15) is 11.6 Å². The summed E-state index contributed by atoms with van der Waals surface area (Å²) < 4.78 is 54.3. The molecule has 1 N–H and O–H groups in total. The normalized spacial score (nSPS) is 13.1. The molecule has 0 aromatic heterocycles. The van der Waals surface area contributed by atoms with E-state index in [2.05, 4.69) is 4.72 Å². The molecule has 0 spiro atoms. The predicted molar refractivity (Wildman–Crippen MR) is 80.9 cm³/mol. The molecular weight excluding hydrogens is 308 g/mol. The highest BCUT2D eigenvalue weighted by atomic mass is 32.2. The van der Waals surface area contributed by atoms with E-state index in [0.717, 1.165) is 29.3 Å². The molecule has 0 radical (unpaired) electrons. The van der Waals surface area contributed by atoms with Gasteiger partial charge in [0.2, 0.25) is 10.0 Å². The second-order valence-electron chi connectivity index (χ2n) is 5.04. The first kappa shape index (κ1) is 16.6. The molecule has 0 aliphatic rings. The van der Waals surface area contributed by atoms with Crippen LogP contribution in [-0.4, -0.2) is 8.42 Å². The molecule has 1 atom stereocenters. The Hall–Kier alpha value is -1.79. The molecule has 0 aliphatic heterocycles. The summed E-state index contributed by atoms with van der Waals surface area (Å²) in [6.45, 7) is 3.72. The summed E-state index contributed by atoms with van der Waals surface area (Å²) in [5.74, 6) is -2.21. The average molecular weight is 325 g/mol. The second-order valence-corrected chi connectivity index (χ2v) is 6.69. The minimum atomic E-state index is -4.29. The van der Waals surface area contributed by atoms with Gasteiger partial charge in [-0.3, -0.25) is 0 Å². The largest absolute Gasteiger partial charge is 0.246 e. The molecular formula is C16H17F2NO2S. The van der Waals surface area contributed by atoms with E-state index in [4.69, 9.17) is 0 Å². The van der Waals surface area contributed by atoms with E-state index < -0.39 is 32.6 Å². The summed E-state index contributed by atoms with van der Waals surface area (Å²) >= 11 is 0. The Bertz CT molecular complexity index is 738. The van der Waals surface area contributed by atoms with Crippen molar-refractivity contribution in [1.82, 2.24) is 4.72 Å². The molecule has 0 unspecified atom stereocenters. The van der Waals surface area contributed by atoms with Crippen LogP contribution in [0, 0.1) is 18.6 Å². The van der Waals surface area contributed by atoms with Crippen LogP contribution in [0.25, 0.3) is 0 Å². The number of sulfonamides is 1. The molecule has 0 bridgehead atoms. The van der Waals surface area contributed by atoms with Gasteiger partial charge in [-0.05, 0) is 31.0 Å². The Labute approximate surface area is 129 Å². The summed E-state index contributed by atoms with van der Waals surface area (Å²) in [5.41, 5.74) is 1.79. The van der Waals surface area contributed by atoms with Gasteiger partial charge < -0.3 is 0 Å². The van der Waals surface area contributed by atoms with Gasteiger partial charge in [0.15, 0.2) is 4.90 Å². The van der Waals surface area contributed by atoms with Gasteiger partial charge in [0.05, 0.1) is 0 Å². The van der Waals surface area contributed by atoms with Crippen LogP contribution in [0.1, 0.15) is 30.5 Å². The summed E-state index contributed by atoms with van der Waals surface area (Å²) in [4.78, 5) is -0.944. The van der Waals surface area contributed by atoms with Crippen LogP contribution in [0.3, 0.4) is 0 Å². The zero-order chi connectivity index (χ0) is 16.3. The van der Waals surface area contributed by atoms with Crippen LogP contribution in [0.15, 0.2) is 47.4 Å². The van der Waals surface area contributed by atoms with Crippen molar-refractivity contribution in [1.29, 1.82) is 0 Å². The zero-order valence-corrected chi connectivity index (χ0v) is 13.1. The Morgan fingerprint density at radius 1 is 1.05 bits per heavy atom. The van der Waals surface area contributed by atoms with E-state index >= 15 is 0 Å². The Morgan fingerprint density at radius 3 is 2.09 bits per heavy atom. The van der Waals surface area contributed by atoms with Crippen LogP contribution in [-0.2, 0) is 10.0 Å². The standard InChI is InChI=1S/C16H17F2NO2S/c1-3-15(12-9-7-11(2)8-10-12)19-22(20,21)16-13(17)5-4-6-14(16)18/h4-10,15,19H,3H2,1-2H3/t15-/m1/s1. The van der Waals surface area contributed by atoms with E-state index in [9.17, 15) is 17.2 Å². The molecule has 2 aromatic rings. The molecule has 0 fully saturated rings. The number of hydrogen-bond donors (Lipinski definition) is 1. The third-order valence-electron chi connectivity index (χ3n) is 3.37. The predicted octanol–water partition coefficient (Wildman–Crippen LogP) is 3.70. The third kappa shape index (κ3) is 3.51. The highest BCUT2D eigenvalue weighted by Gasteiger charge is 2.26.